The molecule has 0 spiro atoms. The first-order valence-electron chi connectivity index (χ1n) is 7.67. The Morgan fingerprint density at radius 2 is 1.70 bits per heavy atom. The minimum atomic E-state index is -1.04. The van der Waals surface area contributed by atoms with Gasteiger partial charge in [0.15, 0.2) is 11.5 Å². The summed E-state index contributed by atoms with van der Waals surface area (Å²) in [6.07, 6.45) is 3.52. The molecule has 1 atom stereocenters. The van der Waals surface area contributed by atoms with Crippen molar-refractivity contribution in [3.63, 3.8) is 0 Å². The van der Waals surface area contributed by atoms with Crippen molar-refractivity contribution in [1.29, 1.82) is 0 Å². The summed E-state index contributed by atoms with van der Waals surface area (Å²) >= 11 is 0. The van der Waals surface area contributed by atoms with Gasteiger partial charge in [-0.25, -0.2) is 0 Å². The molecule has 1 aromatic rings. The summed E-state index contributed by atoms with van der Waals surface area (Å²) in [4.78, 5) is 0. The number of fused-ring (bicyclic) bond motifs is 1. The molecule has 0 amide bonds. The van der Waals surface area contributed by atoms with Crippen LogP contribution in [-0.2, 0) is 11.2 Å². The molecule has 1 aliphatic rings. The summed E-state index contributed by atoms with van der Waals surface area (Å²) in [5.41, 5.74) is 1.64. The lowest BCUT2D eigenvalue weighted by Crippen LogP contribution is -2.23. The van der Waals surface area contributed by atoms with Gasteiger partial charge in [0, 0.05) is 12.7 Å². The lowest BCUT2D eigenvalue weighted by molar-refractivity contribution is 0.126. The number of hydrogen-bond acceptors (Lipinski definition) is 5. The molecular formula is C18H26O5. The Balaban J connectivity index is 2.79. The fourth-order valence-electron chi connectivity index (χ4n) is 3.05. The second-order valence-electron chi connectivity index (χ2n) is 6.13. The van der Waals surface area contributed by atoms with Crippen molar-refractivity contribution in [2.45, 2.75) is 38.4 Å². The Morgan fingerprint density at radius 3 is 2.17 bits per heavy atom. The van der Waals surface area contributed by atoms with E-state index < -0.39 is 5.60 Å². The zero-order valence-corrected chi connectivity index (χ0v) is 14.7. The molecule has 0 fully saturated rings. The molecule has 0 aliphatic heterocycles. The van der Waals surface area contributed by atoms with Crippen LogP contribution in [0, 0.1) is 0 Å². The molecule has 2 rings (SSSR count). The topological polar surface area (TPSA) is 57.2 Å². The predicted octanol–water partition coefficient (Wildman–Crippen LogP) is 2.83. The van der Waals surface area contributed by atoms with Gasteiger partial charge in [-0.1, -0.05) is 0 Å². The van der Waals surface area contributed by atoms with Gasteiger partial charge in [0.25, 0.3) is 0 Å². The van der Waals surface area contributed by atoms with Crippen LogP contribution < -0.4 is 14.2 Å². The molecule has 0 heterocycles. The van der Waals surface area contributed by atoms with E-state index in [9.17, 15) is 5.11 Å². The molecule has 23 heavy (non-hydrogen) atoms. The van der Waals surface area contributed by atoms with Gasteiger partial charge < -0.3 is 24.1 Å². The Kier molecular flexibility index (Phi) is 5.22. The summed E-state index contributed by atoms with van der Waals surface area (Å²) in [7, 11) is 6.45. The maximum absolute atomic E-state index is 10.7. The molecular weight excluding hydrogens is 296 g/mol. The third-order valence-electron chi connectivity index (χ3n) is 4.19. The third-order valence-corrected chi connectivity index (χ3v) is 4.19. The highest BCUT2D eigenvalue weighted by Crippen LogP contribution is 2.48. The van der Waals surface area contributed by atoms with E-state index in [0.717, 1.165) is 29.5 Å². The summed E-state index contributed by atoms with van der Waals surface area (Å²) in [6.45, 7) is 3.52. The average molecular weight is 322 g/mol. The molecule has 5 nitrogen and oxygen atoms in total. The maximum Gasteiger partial charge on any atom is 0.203 e. The van der Waals surface area contributed by atoms with E-state index in [-0.39, 0.29) is 6.10 Å². The van der Waals surface area contributed by atoms with Gasteiger partial charge >= 0.3 is 0 Å². The molecule has 0 saturated carbocycles. The Morgan fingerprint density at radius 1 is 1.04 bits per heavy atom. The first-order chi connectivity index (χ1) is 10.9. The van der Waals surface area contributed by atoms with Crippen LogP contribution in [0.2, 0.25) is 0 Å². The van der Waals surface area contributed by atoms with Crippen LogP contribution in [0.1, 0.15) is 31.4 Å². The maximum atomic E-state index is 10.7. The van der Waals surface area contributed by atoms with Gasteiger partial charge in [0.05, 0.1) is 33.0 Å². The number of rotatable bonds is 5. The molecule has 128 valence electrons. The largest absolute Gasteiger partial charge is 0.493 e. The van der Waals surface area contributed by atoms with Crippen molar-refractivity contribution in [3.8, 4) is 17.2 Å². The number of aryl methyl sites for hydroxylation is 1. The Hall–Kier alpha value is -1.72. The van der Waals surface area contributed by atoms with Crippen molar-refractivity contribution < 1.29 is 24.1 Å². The molecule has 5 heteroatoms. The average Bonchev–Trinajstić information content (AvgIpc) is 2.71. The molecule has 1 aliphatic carbocycles. The monoisotopic (exact) mass is 322 g/mol. The van der Waals surface area contributed by atoms with E-state index in [2.05, 4.69) is 0 Å². The molecule has 0 saturated heterocycles. The van der Waals surface area contributed by atoms with Crippen molar-refractivity contribution in [3.05, 3.63) is 23.3 Å². The number of ether oxygens (including phenoxy) is 4. The molecule has 1 unspecified atom stereocenters. The fraction of sp³-hybridized carbons (Fsp3) is 0.556. The number of hydrogen-bond donors (Lipinski definition) is 1. The van der Waals surface area contributed by atoms with Gasteiger partial charge in [0.2, 0.25) is 5.75 Å². The van der Waals surface area contributed by atoms with E-state index in [1.807, 2.05) is 12.1 Å². The second kappa shape index (κ2) is 6.81. The van der Waals surface area contributed by atoms with E-state index in [4.69, 9.17) is 18.9 Å². The van der Waals surface area contributed by atoms with E-state index in [1.165, 1.54) is 0 Å². The van der Waals surface area contributed by atoms with Crippen molar-refractivity contribution in [1.82, 2.24) is 0 Å². The van der Waals surface area contributed by atoms with Gasteiger partial charge in [-0.2, -0.15) is 0 Å². The Bertz CT molecular complexity index is 598. The van der Waals surface area contributed by atoms with E-state index >= 15 is 0 Å². The first kappa shape index (κ1) is 17.6. The molecule has 0 radical (unpaired) electrons. The number of benzene rings is 1. The minimum absolute atomic E-state index is 0.0643. The molecule has 1 aromatic carbocycles. The van der Waals surface area contributed by atoms with Crippen LogP contribution in [-0.4, -0.2) is 45.3 Å². The van der Waals surface area contributed by atoms with Gasteiger partial charge in [-0.05, 0) is 50.0 Å². The van der Waals surface area contributed by atoms with Crippen LogP contribution in [0.5, 0.6) is 17.2 Å². The number of aliphatic hydroxyl groups is 1. The summed E-state index contributed by atoms with van der Waals surface area (Å²) in [6, 6.07) is 1.95. The molecule has 1 N–H and O–H groups in total. The van der Waals surface area contributed by atoms with Crippen LogP contribution in [0.15, 0.2) is 12.1 Å². The Labute approximate surface area is 137 Å². The zero-order valence-electron chi connectivity index (χ0n) is 14.7. The van der Waals surface area contributed by atoms with Gasteiger partial charge in [0.1, 0.15) is 0 Å². The van der Waals surface area contributed by atoms with Gasteiger partial charge in [-0.15, -0.1) is 0 Å². The van der Waals surface area contributed by atoms with Crippen LogP contribution in [0.3, 0.4) is 0 Å². The van der Waals surface area contributed by atoms with Crippen LogP contribution in [0.4, 0.5) is 0 Å². The smallest absolute Gasteiger partial charge is 0.203 e. The molecule has 0 aromatic heterocycles. The highest BCUT2D eigenvalue weighted by atomic mass is 16.5. The summed E-state index contributed by atoms with van der Waals surface area (Å²) < 4.78 is 22.1. The highest BCUT2D eigenvalue weighted by Gasteiger charge is 2.32. The third kappa shape index (κ3) is 3.31. The number of methoxy groups -OCH3 is 4. The quantitative estimate of drug-likeness (QED) is 0.903. The lowest BCUT2D eigenvalue weighted by Gasteiger charge is -2.27. The van der Waals surface area contributed by atoms with Gasteiger partial charge in [-0.3, -0.25) is 0 Å². The van der Waals surface area contributed by atoms with E-state index in [1.54, 1.807) is 42.3 Å². The normalized spacial score (nSPS) is 17.9. The SMILES string of the molecule is COc1cc2c(c(OC)c1OC)C(C(C)(C)O)=CC(OC)CC2. The zero-order chi connectivity index (χ0) is 17.2. The minimum Gasteiger partial charge on any atom is -0.493 e. The standard InChI is InChI=1S/C18H26O5/c1-18(2,19)13-10-12(20-3)8-7-11-9-14(21-4)16(22-5)17(23-6)15(11)13/h9-10,12,19H,7-8H2,1-6H3. The summed E-state index contributed by atoms with van der Waals surface area (Å²) in [5, 5.41) is 10.7. The molecule has 0 bridgehead atoms. The predicted molar refractivity (Wildman–Crippen MR) is 89.5 cm³/mol. The van der Waals surface area contributed by atoms with Crippen LogP contribution >= 0.6 is 0 Å². The van der Waals surface area contributed by atoms with Crippen molar-refractivity contribution in [2.24, 2.45) is 0 Å². The summed E-state index contributed by atoms with van der Waals surface area (Å²) in [5.74, 6) is 1.72. The van der Waals surface area contributed by atoms with Crippen molar-refractivity contribution >= 4 is 5.57 Å². The highest BCUT2D eigenvalue weighted by molar-refractivity contribution is 5.82. The van der Waals surface area contributed by atoms with Crippen molar-refractivity contribution in [2.75, 3.05) is 28.4 Å². The van der Waals surface area contributed by atoms with E-state index in [0.29, 0.717) is 17.2 Å². The first-order valence-corrected chi connectivity index (χ1v) is 7.67. The fourth-order valence-corrected chi connectivity index (χ4v) is 3.05. The lowest BCUT2D eigenvalue weighted by atomic mass is 9.87. The second-order valence-corrected chi connectivity index (χ2v) is 6.13. The van der Waals surface area contributed by atoms with Crippen LogP contribution in [0.25, 0.3) is 5.57 Å².